The van der Waals surface area contributed by atoms with Crippen molar-refractivity contribution in [1.82, 2.24) is 0 Å². The largest absolute Gasteiger partial charge is 1.00 e. The van der Waals surface area contributed by atoms with Gasteiger partial charge in [-0.15, -0.1) is 12.6 Å². The maximum Gasteiger partial charge on any atom is 1.00 e. The molecule has 5 atom stereocenters. The fraction of sp³-hybridized carbons (Fsp3) is 0.900. The van der Waals surface area contributed by atoms with Gasteiger partial charge in [0, 0.05) is 15.8 Å². The van der Waals surface area contributed by atoms with E-state index in [1.807, 2.05) is 6.42 Å². The van der Waals surface area contributed by atoms with Gasteiger partial charge in [0.1, 0.15) is 0 Å². The van der Waals surface area contributed by atoms with Gasteiger partial charge in [-0.25, -0.2) is 0 Å². The summed E-state index contributed by atoms with van der Waals surface area (Å²) in [5, 5.41) is 33.7. The number of hydrogen-bond donors (Lipinski definition) is 0. The molecule has 0 saturated heterocycles. The molecule has 0 N–H and O–H groups in total. The van der Waals surface area contributed by atoms with Crippen LogP contribution in [0.15, 0.2) is 0 Å². The zero-order chi connectivity index (χ0) is 16.2. The second-order valence-electron chi connectivity index (χ2n) is 5.04. The fourth-order valence-electron chi connectivity index (χ4n) is 3.16. The van der Waals surface area contributed by atoms with Gasteiger partial charge in [0.2, 0.25) is 12.1 Å². The normalized spacial score (nSPS) is 31.8. The molecule has 2 saturated carbocycles. The Balaban J connectivity index is 0. The van der Waals surface area contributed by atoms with Gasteiger partial charge in [-0.3, -0.25) is 20.2 Å². The fourth-order valence-corrected chi connectivity index (χ4v) is 3.16. The maximum atomic E-state index is 12.0. The van der Waals surface area contributed by atoms with Gasteiger partial charge >= 0.3 is 69.7 Å². The van der Waals surface area contributed by atoms with Crippen molar-refractivity contribution in [3.05, 3.63) is 26.6 Å². The van der Waals surface area contributed by atoms with Crippen LogP contribution in [0.2, 0.25) is 0 Å². The van der Waals surface area contributed by atoms with Crippen molar-refractivity contribution < 1.29 is 86.7 Å². The smallest absolute Gasteiger partial charge is 0.847 e. The summed E-state index contributed by atoms with van der Waals surface area (Å²) in [6.45, 7) is 0. The number of nitro groups is 2. The number of hydrogen-bond acceptors (Lipinski definition) is 8. The molecular weight excluding hydrogens is 354 g/mol. The molecule has 0 aromatic rings. The number of fused-ring (bicyclic) bond motifs is 1. The van der Waals surface area contributed by atoms with E-state index < -0.39 is 44.6 Å². The molecule has 2 aliphatic carbocycles. The molecule has 2 rings (SSSR count). The zero-order valence-corrected chi connectivity index (χ0v) is 17.7. The first-order valence-corrected chi connectivity index (χ1v) is 7.27. The third-order valence-electron chi connectivity index (χ3n) is 4.01. The summed E-state index contributed by atoms with van der Waals surface area (Å²) < 4.78 is 25.3. The van der Waals surface area contributed by atoms with Gasteiger partial charge in [-0.2, -0.15) is 12.8 Å². The van der Waals surface area contributed by atoms with E-state index in [1.165, 1.54) is 0 Å². The molecule has 23 heavy (non-hydrogen) atoms. The van der Waals surface area contributed by atoms with E-state index in [0.29, 0.717) is 12.8 Å². The van der Waals surface area contributed by atoms with Crippen molar-refractivity contribution in [2.45, 2.75) is 43.9 Å². The number of rotatable bonds is 2. The summed E-state index contributed by atoms with van der Waals surface area (Å²) in [5.41, 5.74) is 0. The maximum absolute atomic E-state index is 12.0. The van der Waals surface area contributed by atoms with E-state index in [2.05, 4.69) is 0 Å². The topological polar surface area (TPSA) is 161 Å². The summed E-state index contributed by atoms with van der Waals surface area (Å²) >= 11 is 0. The molecule has 10 nitrogen and oxygen atoms in total. The molecule has 2 aliphatic rings. The minimum atomic E-state index is -3.11. The molecule has 0 aliphatic heterocycles. The summed E-state index contributed by atoms with van der Waals surface area (Å²) in [6.07, 6.45) is 2.26. The van der Waals surface area contributed by atoms with Crippen molar-refractivity contribution in [3.63, 3.8) is 0 Å². The van der Waals surface area contributed by atoms with Crippen LogP contribution in [0.4, 0.5) is 0 Å². The molecule has 0 amide bonds. The van der Waals surface area contributed by atoms with E-state index in [1.54, 1.807) is 0 Å². The molecule has 13 heteroatoms. The van der Waals surface area contributed by atoms with Crippen LogP contribution in [-0.2, 0) is 10.6 Å². The Morgan fingerprint density at radius 1 is 0.957 bits per heavy atom. The predicted octanol–water partition coefficient (Wildman–Crippen LogP) is -6.97. The Hall–Kier alpha value is 0.380. The average molecular weight is 368 g/mol. The van der Waals surface area contributed by atoms with Crippen LogP contribution < -0.4 is 64.2 Å². The molecule has 0 spiro atoms. The van der Waals surface area contributed by atoms with E-state index in [9.17, 15) is 25.3 Å². The summed E-state index contributed by atoms with van der Waals surface area (Å²) in [4.78, 5) is 20.7. The molecular formula is C10H14N2Na2O8S. The van der Waals surface area contributed by atoms with Crippen LogP contribution >= 0.6 is 0 Å². The second-order valence-corrected chi connectivity index (χ2v) is 5.45. The molecule has 5 unspecified atom stereocenters. The Bertz CT molecular complexity index is 509. The molecule has 0 heterocycles. The van der Waals surface area contributed by atoms with E-state index in [-0.39, 0.29) is 71.5 Å². The summed E-state index contributed by atoms with van der Waals surface area (Å²) in [6, 6.07) is -2.23. The minimum absolute atomic E-state index is 0. The monoisotopic (exact) mass is 368 g/mol. The Labute approximate surface area is 178 Å². The predicted molar refractivity (Wildman–Crippen MR) is 64.8 cm³/mol. The zero-order valence-electron chi connectivity index (χ0n) is 12.9. The van der Waals surface area contributed by atoms with Crippen LogP contribution in [0.3, 0.4) is 0 Å². The van der Waals surface area contributed by atoms with Crippen LogP contribution in [0.1, 0.15) is 25.7 Å². The van der Waals surface area contributed by atoms with Gasteiger partial charge in [-0.1, -0.05) is 18.4 Å². The molecule has 0 radical (unpaired) electrons. The third-order valence-corrected chi connectivity index (χ3v) is 4.01. The summed E-state index contributed by atoms with van der Waals surface area (Å²) in [5.74, 6) is -0.725. The second kappa shape index (κ2) is 11.9. The number of nitrogens with zero attached hydrogens (tertiary/aromatic N) is 2. The van der Waals surface area contributed by atoms with E-state index >= 15 is 0 Å². The van der Waals surface area contributed by atoms with Gasteiger partial charge < -0.3 is 11.5 Å². The van der Waals surface area contributed by atoms with Crippen LogP contribution in [0.5, 0.6) is 0 Å². The van der Waals surface area contributed by atoms with Crippen LogP contribution in [0, 0.1) is 38.5 Å². The molecule has 120 valence electrons. The van der Waals surface area contributed by atoms with Gasteiger partial charge in [0.05, 0.1) is 6.42 Å². The molecule has 0 aromatic heterocycles. The molecule has 2 fully saturated rings. The van der Waals surface area contributed by atoms with Crippen LogP contribution in [0.25, 0.3) is 0 Å². The van der Waals surface area contributed by atoms with Gasteiger partial charge in [0.15, 0.2) is 0 Å². The van der Waals surface area contributed by atoms with Gasteiger partial charge in [0.25, 0.3) is 0 Å². The quantitative estimate of drug-likeness (QED) is 0.201. The minimum Gasteiger partial charge on any atom is -0.847 e. The van der Waals surface area contributed by atoms with Crippen molar-refractivity contribution >= 4 is 10.6 Å². The van der Waals surface area contributed by atoms with Crippen molar-refractivity contribution in [2.24, 2.45) is 11.8 Å². The molecule has 0 aromatic carbocycles. The van der Waals surface area contributed by atoms with Crippen molar-refractivity contribution in [1.29, 1.82) is 0 Å². The molecule has 0 bridgehead atoms. The van der Waals surface area contributed by atoms with Crippen LogP contribution in [-0.4, -0.2) is 40.7 Å². The first-order valence-electron chi connectivity index (χ1n) is 6.27. The first-order chi connectivity index (χ1) is 9.75. The third kappa shape index (κ3) is 7.43. The average Bonchev–Trinajstić information content (AvgIpc) is 2.38. The van der Waals surface area contributed by atoms with E-state index in [4.69, 9.17) is 12.6 Å². The van der Waals surface area contributed by atoms with E-state index in [0.717, 1.165) is 6.42 Å². The Morgan fingerprint density at radius 3 is 1.87 bits per heavy atom. The Kier molecular flexibility index (Phi) is 13.2. The SMILES string of the molecule is O=S(=O)=O.O=[N+]([O-])C1CC([N+](=O)[O-])C2CC[CH-]CC2C1[O-].[Na+].[Na+]. The van der Waals surface area contributed by atoms with Gasteiger partial charge in [-0.05, 0) is 0 Å². The van der Waals surface area contributed by atoms with Crippen molar-refractivity contribution in [3.8, 4) is 0 Å². The Morgan fingerprint density at radius 2 is 1.43 bits per heavy atom. The standard InChI is InChI=1S/C10H14N2O5.2Na.O3S/c13-10-7-4-2-1-3-6(7)8(11(14)15)5-9(10)12(16)17;;;1-4(2)3/h2,6-10H,1,3-5H2;;;/q-2;2*+1;. The van der Waals surface area contributed by atoms with Crippen molar-refractivity contribution in [2.75, 3.05) is 0 Å². The first kappa shape index (κ1) is 25.6. The summed E-state index contributed by atoms with van der Waals surface area (Å²) in [7, 11) is -3.11.